The van der Waals surface area contributed by atoms with Gasteiger partial charge in [-0.1, -0.05) is 18.2 Å². The Hall–Kier alpha value is -1.39. The molecule has 1 fully saturated rings. The van der Waals surface area contributed by atoms with Gasteiger partial charge < -0.3 is 15.1 Å². The van der Waals surface area contributed by atoms with E-state index in [1.807, 2.05) is 45.1 Å². The predicted octanol–water partition coefficient (Wildman–Crippen LogP) is 2.17. The van der Waals surface area contributed by atoms with E-state index in [9.17, 15) is 4.79 Å². The van der Waals surface area contributed by atoms with Gasteiger partial charge in [-0.05, 0) is 39.5 Å². The first-order valence-electron chi connectivity index (χ1n) is 7.73. The fraction of sp³-hybridized carbons (Fsp3) is 0.588. The minimum atomic E-state index is 0.0894. The van der Waals surface area contributed by atoms with Crippen LogP contribution in [0.1, 0.15) is 27.2 Å². The topological polar surface area (TPSA) is 35.6 Å². The van der Waals surface area contributed by atoms with Gasteiger partial charge in [-0.3, -0.25) is 4.79 Å². The van der Waals surface area contributed by atoms with E-state index in [0.717, 1.165) is 44.0 Å². The Morgan fingerprint density at radius 3 is 2.43 bits per heavy atom. The number of nitrogens with zero attached hydrogens (tertiary/aromatic N) is 2. The summed E-state index contributed by atoms with van der Waals surface area (Å²) in [5, 5.41) is 2.98. The monoisotopic (exact) mass is 291 g/mol. The molecular formula is C17H29N3O. The van der Waals surface area contributed by atoms with Crippen molar-refractivity contribution in [3.63, 3.8) is 0 Å². The maximum absolute atomic E-state index is 12.0. The van der Waals surface area contributed by atoms with E-state index in [1.165, 1.54) is 0 Å². The highest BCUT2D eigenvalue weighted by Crippen LogP contribution is 2.03. The lowest BCUT2D eigenvalue weighted by Crippen LogP contribution is -2.45. The Labute approximate surface area is 129 Å². The first-order valence-corrected chi connectivity index (χ1v) is 7.73. The number of likely N-dealkylation sites (N-methyl/N-ethyl adjacent to an activating group) is 1. The molecule has 21 heavy (non-hydrogen) atoms. The summed E-state index contributed by atoms with van der Waals surface area (Å²) in [5.41, 5.74) is 2.00. The third-order valence-electron chi connectivity index (χ3n) is 3.66. The molecule has 0 aromatic rings. The van der Waals surface area contributed by atoms with Crippen LogP contribution in [-0.2, 0) is 4.79 Å². The molecule has 4 nitrogen and oxygen atoms in total. The molecule has 0 aliphatic carbocycles. The molecule has 118 valence electrons. The fourth-order valence-corrected chi connectivity index (χ4v) is 2.30. The first-order chi connectivity index (χ1) is 10.0. The zero-order valence-corrected chi connectivity index (χ0v) is 13.9. The van der Waals surface area contributed by atoms with Gasteiger partial charge in [0, 0.05) is 44.8 Å². The second-order valence-corrected chi connectivity index (χ2v) is 5.58. The van der Waals surface area contributed by atoms with Crippen LogP contribution in [-0.4, -0.2) is 55.5 Å². The van der Waals surface area contributed by atoms with E-state index in [1.54, 1.807) is 0 Å². The van der Waals surface area contributed by atoms with Crippen molar-refractivity contribution in [3.8, 4) is 0 Å². The lowest BCUT2D eigenvalue weighted by molar-refractivity contribution is -0.120. The summed E-state index contributed by atoms with van der Waals surface area (Å²) in [5.74, 6) is 0.0894. The zero-order chi connectivity index (χ0) is 15.7. The Morgan fingerprint density at radius 1 is 1.19 bits per heavy atom. The summed E-state index contributed by atoms with van der Waals surface area (Å²) in [4.78, 5) is 16.7. The third-order valence-corrected chi connectivity index (χ3v) is 3.66. The Morgan fingerprint density at radius 2 is 1.86 bits per heavy atom. The molecule has 1 aliphatic heterocycles. The Balaban J connectivity index is 2.36. The number of hydrogen-bond donors (Lipinski definition) is 1. The molecule has 0 atom stereocenters. The van der Waals surface area contributed by atoms with Crippen molar-refractivity contribution in [1.29, 1.82) is 0 Å². The first kappa shape index (κ1) is 17.7. The second-order valence-electron chi connectivity index (χ2n) is 5.58. The molecule has 4 heteroatoms. The van der Waals surface area contributed by atoms with E-state index in [4.69, 9.17) is 0 Å². The zero-order valence-electron chi connectivity index (χ0n) is 13.9. The van der Waals surface area contributed by atoms with Gasteiger partial charge in [0.15, 0.2) is 0 Å². The molecule has 0 unspecified atom stereocenters. The van der Waals surface area contributed by atoms with Gasteiger partial charge in [0.1, 0.15) is 0 Å². The molecule has 1 amide bonds. The van der Waals surface area contributed by atoms with Crippen LogP contribution in [0.15, 0.2) is 35.6 Å². The molecular weight excluding hydrogens is 262 g/mol. The Bertz CT molecular complexity index is 416. The number of rotatable bonds is 6. The molecule has 1 N–H and O–H groups in total. The summed E-state index contributed by atoms with van der Waals surface area (Å²) in [6, 6.07) is 0. The maximum Gasteiger partial charge on any atom is 0.225 e. The molecule has 1 saturated heterocycles. The van der Waals surface area contributed by atoms with Gasteiger partial charge in [0.25, 0.3) is 0 Å². The van der Waals surface area contributed by atoms with Crippen LogP contribution >= 0.6 is 0 Å². The smallest absolute Gasteiger partial charge is 0.225 e. The molecule has 0 aromatic carbocycles. The van der Waals surface area contributed by atoms with Gasteiger partial charge in [0.05, 0.1) is 0 Å². The molecule has 0 spiro atoms. The molecule has 0 radical (unpaired) electrons. The highest BCUT2D eigenvalue weighted by molar-refractivity contribution is 5.78. The van der Waals surface area contributed by atoms with Crippen LogP contribution < -0.4 is 5.32 Å². The van der Waals surface area contributed by atoms with Gasteiger partial charge in [-0.25, -0.2) is 0 Å². The summed E-state index contributed by atoms with van der Waals surface area (Å²) in [6.45, 7) is 11.1. The predicted molar refractivity (Wildman–Crippen MR) is 89.0 cm³/mol. The maximum atomic E-state index is 12.0. The molecule has 0 saturated carbocycles. The van der Waals surface area contributed by atoms with Gasteiger partial charge in [0.2, 0.25) is 5.91 Å². The lowest BCUT2D eigenvalue weighted by atomic mass is 10.2. The van der Waals surface area contributed by atoms with Crippen molar-refractivity contribution in [2.75, 3.05) is 39.8 Å². The quantitative estimate of drug-likeness (QED) is 0.762. The Kier molecular flexibility index (Phi) is 8.01. The third kappa shape index (κ3) is 7.25. The number of nitrogens with one attached hydrogen (secondary N) is 1. The number of allylic oxidation sites excluding steroid dienone is 5. The molecule has 1 rings (SSSR count). The number of carbonyl (C=O) groups excluding carboxylic acids is 1. The van der Waals surface area contributed by atoms with E-state index in [2.05, 4.69) is 22.2 Å². The van der Waals surface area contributed by atoms with Gasteiger partial charge >= 0.3 is 0 Å². The van der Waals surface area contributed by atoms with Crippen molar-refractivity contribution < 1.29 is 4.79 Å². The number of carbonyl (C=O) groups is 1. The molecule has 0 bridgehead atoms. The van der Waals surface area contributed by atoms with Crippen LogP contribution in [0.5, 0.6) is 0 Å². The van der Waals surface area contributed by atoms with Crippen LogP contribution in [0.2, 0.25) is 0 Å². The van der Waals surface area contributed by atoms with E-state index < -0.39 is 0 Å². The van der Waals surface area contributed by atoms with Crippen molar-refractivity contribution in [3.05, 3.63) is 35.6 Å². The normalized spacial score (nSPS) is 19.2. The average Bonchev–Trinajstić information content (AvgIpc) is 2.46. The SMILES string of the molecule is C\C=C/C(C)=C\C(=C/C)NC(=O)CCN1CCN(C)CC1. The second kappa shape index (κ2) is 9.53. The standard InChI is InChI=1S/C17H29N3O/c1-5-7-15(3)14-16(6-2)18-17(21)8-9-20-12-10-19(4)11-13-20/h5-7,14H,8-13H2,1-4H3,(H,18,21)/b7-5-,15-14-,16-6+. The van der Waals surface area contributed by atoms with E-state index in [0.29, 0.717) is 6.42 Å². The van der Waals surface area contributed by atoms with Crippen molar-refractivity contribution in [1.82, 2.24) is 15.1 Å². The number of hydrogen-bond acceptors (Lipinski definition) is 3. The van der Waals surface area contributed by atoms with Gasteiger partial charge in [-0.15, -0.1) is 0 Å². The largest absolute Gasteiger partial charge is 0.326 e. The highest BCUT2D eigenvalue weighted by Gasteiger charge is 2.14. The molecule has 1 aliphatic rings. The highest BCUT2D eigenvalue weighted by atomic mass is 16.1. The van der Waals surface area contributed by atoms with Crippen molar-refractivity contribution >= 4 is 5.91 Å². The fourth-order valence-electron chi connectivity index (χ4n) is 2.30. The van der Waals surface area contributed by atoms with Crippen LogP contribution in [0, 0.1) is 0 Å². The molecule has 0 aromatic heterocycles. The minimum absolute atomic E-state index is 0.0894. The lowest BCUT2D eigenvalue weighted by Gasteiger charge is -2.32. The van der Waals surface area contributed by atoms with Crippen LogP contribution in [0.25, 0.3) is 0 Å². The number of amides is 1. The number of piperazine rings is 1. The summed E-state index contributed by atoms with van der Waals surface area (Å²) < 4.78 is 0. The minimum Gasteiger partial charge on any atom is -0.326 e. The molecule has 1 heterocycles. The van der Waals surface area contributed by atoms with E-state index in [-0.39, 0.29) is 5.91 Å². The van der Waals surface area contributed by atoms with Gasteiger partial charge in [-0.2, -0.15) is 0 Å². The van der Waals surface area contributed by atoms with E-state index >= 15 is 0 Å². The summed E-state index contributed by atoms with van der Waals surface area (Å²) in [7, 11) is 2.14. The summed E-state index contributed by atoms with van der Waals surface area (Å²) in [6.07, 6.45) is 8.50. The summed E-state index contributed by atoms with van der Waals surface area (Å²) >= 11 is 0. The van der Waals surface area contributed by atoms with Crippen molar-refractivity contribution in [2.45, 2.75) is 27.2 Å². The van der Waals surface area contributed by atoms with Crippen molar-refractivity contribution in [2.24, 2.45) is 0 Å². The van der Waals surface area contributed by atoms with Crippen LogP contribution in [0.4, 0.5) is 0 Å². The van der Waals surface area contributed by atoms with Crippen LogP contribution in [0.3, 0.4) is 0 Å². The average molecular weight is 291 g/mol.